The Morgan fingerprint density at radius 1 is 1.33 bits per heavy atom. The van der Waals surface area contributed by atoms with Crippen molar-refractivity contribution in [2.75, 3.05) is 5.32 Å². The number of fused-ring (bicyclic) bond motifs is 1. The number of nitrogens with one attached hydrogen (secondary N) is 1. The van der Waals surface area contributed by atoms with Crippen LogP contribution < -0.4 is 10.9 Å². The molecule has 0 radical (unpaired) electrons. The normalized spacial score (nSPS) is 10.8. The quantitative estimate of drug-likeness (QED) is 0.781. The molecule has 0 aliphatic carbocycles. The highest BCUT2D eigenvalue weighted by Crippen LogP contribution is 2.12. The van der Waals surface area contributed by atoms with Gasteiger partial charge in [0.1, 0.15) is 11.3 Å². The van der Waals surface area contributed by atoms with E-state index in [-0.39, 0.29) is 17.0 Å². The van der Waals surface area contributed by atoms with Crippen LogP contribution in [0.1, 0.15) is 21.8 Å². The van der Waals surface area contributed by atoms with Gasteiger partial charge in [0.2, 0.25) is 0 Å². The molecule has 0 bridgehead atoms. The van der Waals surface area contributed by atoms with Gasteiger partial charge in [0, 0.05) is 6.20 Å². The fourth-order valence-corrected chi connectivity index (χ4v) is 2.08. The molecule has 0 saturated carbocycles. The van der Waals surface area contributed by atoms with Crippen molar-refractivity contribution < 1.29 is 9.21 Å². The fraction of sp³-hybridized carbons (Fsp3) is 0.133. The second-order valence-corrected chi connectivity index (χ2v) is 4.74. The Kier molecular flexibility index (Phi) is 3.06. The van der Waals surface area contributed by atoms with E-state index in [1.165, 1.54) is 16.7 Å². The van der Waals surface area contributed by atoms with Gasteiger partial charge in [0.05, 0.1) is 12.0 Å². The van der Waals surface area contributed by atoms with Crippen molar-refractivity contribution in [3.63, 3.8) is 0 Å². The zero-order valence-corrected chi connectivity index (χ0v) is 11.6. The van der Waals surface area contributed by atoms with Gasteiger partial charge < -0.3 is 9.73 Å². The molecule has 106 valence electrons. The van der Waals surface area contributed by atoms with Gasteiger partial charge in [-0.3, -0.25) is 14.0 Å². The second-order valence-electron chi connectivity index (χ2n) is 4.74. The molecule has 0 unspecified atom stereocenters. The van der Waals surface area contributed by atoms with E-state index in [9.17, 15) is 9.59 Å². The minimum Gasteiger partial charge on any atom is -0.459 e. The van der Waals surface area contributed by atoms with Gasteiger partial charge in [0.15, 0.2) is 5.76 Å². The lowest BCUT2D eigenvalue weighted by Gasteiger charge is -2.09. The van der Waals surface area contributed by atoms with Crippen LogP contribution in [0.3, 0.4) is 0 Å². The van der Waals surface area contributed by atoms with Crippen LogP contribution in [0.4, 0.5) is 5.69 Å². The van der Waals surface area contributed by atoms with Crippen molar-refractivity contribution >= 4 is 17.2 Å². The summed E-state index contributed by atoms with van der Waals surface area (Å²) < 4.78 is 6.41. The van der Waals surface area contributed by atoms with Crippen LogP contribution in [-0.4, -0.2) is 15.3 Å². The summed E-state index contributed by atoms with van der Waals surface area (Å²) in [5.41, 5.74) is 1.85. The lowest BCUT2D eigenvalue weighted by molar-refractivity contribution is 0.0996. The van der Waals surface area contributed by atoms with Crippen LogP contribution in [0.5, 0.6) is 0 Å². The molecule has 6 nitrogen and oxygen atoms in total. The maximum atomic E-state index is 12.4. The maximum absolute atomic E-state index is 12.4. The molecule has 3 heterocycles. The van der Waals surface area contributed by atoms with Crippen LogP contribution in [0.25, 0.3) is 5.65 Å². The number of carbonyl (C=O) groups excluding carboxylic acids is 1. The Labute approximate surface area is 120 Å². The molecule has 0 aliphatic rings. The van der Waals surface area contributed by atoms with Gasteiger partial charge in [-0.2, -0.15) is 0 Å². The predicted molar refractivity (Wildman–Crippen MR) is 77.6 cm³/mol. The molecular weight excluding hydrogens is 270 g/mol. The number of rotatable bonds is 2. The molecule has 3 aromatic heterocycles. The number of carbonyl (C=O) groups is 1. The number of pyridine rings is 1. The molecule has 0 spiro atoms. The summed E-state index contributed by atoms with van der Waals surface area (Å²) in [4.78, 5) is 28.8. The molecular formula is C15H13N3O3. The standard InChI is InChI=1S/C15H13N3O3/c1-9-5-6-18-12(8-9)16-10(2)13(15(18)20)17-14(19)11-4-3-7-21-11/h3-8H,1-2H3,(H,17,19). The monoisotopic (exact) mass is 283 g/mol. The van der Waals surface area contributed by atoms with Crippen molar-refractivity contribution in [1.29, 1.82) is 0 Å². The highest BCUT2D eigenvalue weighted by atomic mass is 16.3. The van der Waals surface area contributed by atoms with E-state index in [1.54, 1.807) is 19.2 Å². The largest absolute Gasteiger partial charge is 0.459 e. The molecule has 1 N–H and O–H groups in total. The summed E-state index contributed by atoms with van der Waals surface area (Å²) in [5.74, 6) is -0.336. The van der Waals surface area contributed by atoms with Crippen LogP contribution in [0.15, 0.2) is 45.9 Å². The lowest BCUT2D eigenvalue weighted by Crippen LogP contribution is -2.24. The second kappa shape index (κ2) is 4.90. The number of anilines is 1. The Morgan fingerprint density at radius 3 is 2.86 bits per heavy atom. The van der Waals surface area contributed by atoms with Crippen LogP contribution in [0.2, 0.25) is 0 Å². The molecule has 0 atom stereocenters. The van der Waals surface area contributed by atoms with Crippen molar-refractivity contribution in [2.45, 2.75) is 13.8 Å². The SMILES string of the molecule is Cc1ccn2c(=O)c(NC(=O)c3ccco3)c(C)nc2c1. The Morgan fingerprint density at radius 2 is 2.14 bits per heavy atom. The summed E-state index contributed by atoms with van der Waals surface area (Å²) in [7, 11) is 0. The summed E-state index contributed by atoms with van der Waals surface area (Å²) in [5, 5.41) is 2.56. The molecule has 0 aromatic carbocycles. The summed E-state index contributed by atoms with van der Waals surface area (Å²) in [6.45, 7) is 3.61. The van der Waals surface area contributed by atoms with E-state index >= 15 is 0 Å². The van der Waals surface area contributed by atoms with Crippen molar-refractivity contribution in [2.24, 2.45) is 0 Å². The van der Waals surface area contributed by atoms with Crippen LogP contribution in [0, 0.1) is 13.8 Å². The zero-order valence-electron chi connectivity index (χ0n) is 11.6. The Bertz CT molecular complexity index is 879. The number of nitrogens with zero attached hydrogens (tertiary/aromatic N) is 2. The van der Waals surface area contributed by atoms with Gasteiger partial charge in [0.25, 0.3) is 11.5 Å². The highest BCUT2D eigenvalue weighted by Gasteiger charge is 2.15. The van der Waals surface area contributed by atoms with Crippen molar-refractivity contribution in [3.05, 3.63) is 64.1 Å². The molecule has 3 rings (SSSR count). The molecule has 0 saturated heterocycles. The lowest BCUT2D eigenvalue weighted by atomic mass is 10.2. The number of hydrogen-bond donors (Lipinski definition) is 1. The Hall–Kier alpha value is -2.89. The third kappa shape index (κ3) is 2.31. The van der Waals surface area contributed by atoms with Gasteiger partial charge in [-0.25, -0.2) is 4.98 Å². The highest BCUT2D eigenvalue weighted by molar-refractivity contribution is 6.02. The van der Waals surface area contributed by atoms with E-state index in [2.05, 4.69) is 10.3 Å². The minimum atomic E-state index is -0.478. The van der Waals surface area contributed by atoms with Gasteiger partial charge in [-0.05, 0) is 43.7 Å². The topological polar surface area (TPSA) is 76.6 Å². The molecule has 6 heteroatoms. The first kappa shape index (κ1) is 13.1. The third-order valence-corrected chi connectivity index (χ3v) is 3.15. The van der Waals surface area contributed by atoms with E-state index in [1.807, 2.05) is 19.1 Å². The first-order valence-electron chi connectivity index (χ1n) is 6.41. The number of aromatic nitrogens is 2. The fourth-order valence-electron chi connectivity index (χ4n) is 2.08. The number of amides is 1. The summed E-state index contributed by atoms with van der Waals surface area (Å²) in [6.07, 6.45) is 3.04. The summed E-state index contributed by atoms with van der Waals surface area (Å²) >= 11 is 0. The smallest absolute Gasteiger partial charge is 0.291 e. The first-order chi connectivity index (χ1) is 10.1. The minimum absolute atomic E-state index is 0.141. The average molecular weight is 283 g/mol. The molecule has 3 aromatic rings. The van der Waals surface area contributed by atoms with Crippen LogP contribution >= 0.6 is 0 Å². The maximum Gasteiger partial charge on any atom is 0.291 e. The van der Waals surface area contributed by atoms with Crippen LogP contribution in [-0.2, 0) is 0 Å². The molecule has 0 aliphatic heterocycles. The van der Waals surface area contributed by atoms with E-state index < -0.39 is 5.91 Å². The van der Waals surface area contributed by atoms with Gasteiger partial charge >= 0.3 is 0 Å². The molecule has 21 heavy (non-hydrogen) atoms. The zero-order chi connectivity index (χ0) is 15.0. The number of hydrogen-bond acceptors (Lipinski definition) is 4. The van der Waals surface area contributed by atoms with Gasteiger partial charge in [-0.1, -0.05) is 0 Å². The van der Waals surface area contributed by atoms with Gasteiger partial charge in [-0.15, -0.1) is 0 Å². The predicted octanol–water partition coefficient (Wildman–Crippen LogP) is 2.16. The van der Waals surface area contributed by atoms with E-state index in [4.69, 9.17) is 4.42 Å². The average Bonchev–Trinajstić information content (AvgIpc) is 2.97. The Balaban J connectivity index is 2.09. The van der Waals surface area contributed by atoms with Crippen molar-refractivity contribution in [1.82, 2.24) is 9.38 Å². The van der Waals surface area contributed by atoms with E-state index in [0.29, 0.717) is 11.3 Å². The number of furan rings is 1. The summed E-state index contributed by atoms with van der Waals surface area (Å²) in [6, 6.07) is 6.76. The number of aryl methyl sites for hydroxylation is 2. The van der Waals surface area contributed by atoms with Crippen molar-refractivity contribution in [3.8, 4) is 0 Å². The third-order valence-electron chi connectivity index (χ3n) is 3.15. The van der Waals surface area contributed by atoms with E-state index in [0.717, 1.165) is 5.56 Å². The molecule has 0 fully saturated rings. The molecule has 1 amide bonds. The first-order valence-corrected chi connectivity index (χ1v) is 6.41.